The predicted octanol–water partition coefficient (Wildman–Crippen LogP) is 5.32. The quantitative estimate of drug-likeness (QED) is 0.616. The number of hydrogen-bond donors (Lipinski definition) is 2. The molecular formula is C28H45NO3. The molecule has 4 heteroatoms. The monoisotopic (exact) mass is 443 g/mol. The fourth-order valence-electron chi connectivity index (χ4n) is 9.97. The van der Waals surface area contributed by atoms with Crippen LogP contribution in [0.2, 0.25) is 0 Å². The third-order valence-corrected chi connectivity index (χ3v) is 11.9. The minimum absolute atomic E-state index is 0.0776. The molecule has 1 aliphatic heterocycles. The lowest BCUT2D eigenvalue weighted by atomic mass is 9.44. The average molecular weight is 444 g/mol. The Morgan fingerprint density at radius 2 is 1.81 bits per heavy atom. The second-order valence-electron chi connectivity index (χ2n) is 13.2. The highest BCUT2D eigenvalue weighted by molar-refractivity contribution is 5.20. The van der Waals surface area contributed by atoms with Gasteiger partial charge in [-0.15, -0.1) is 0 Å². The first-order valence-electron chi connectivity index (χ1n) is 13.6. The van der Waals surface area contributed by atoms with E-state index >= 15 is 0 Å². The van der Waals surface area contributed by atoms with E-state index in [1.165, 1.54) is 32.1 Å². The van der Waals surface area contributed by atoms with Crippen molar-refractivity contribution in [3.05, 3.63) is 0 Å². The second kappa shape index (κ2) is 7.96. The van der Waals surface area contributed by atoms with Crippen LogP contribution >= 0.6 is 0 Å². The van der Waals surface area contributed by atoms with Crippen LogP contribution in [-0.2, 0) is 4.74 Å². The van der Waals surface area contributed by atoms with Gasteiger partial charge in [-0.05, 0) is 111 Å². The smallest absolute Gasteiger partial charge is 0.157 e. The van der Waals surface area contributed by atoms with Crippen molar-refractivity contribution in [1.29, 1.82) is 5.26 Å². The molecular weight excluding hydrogens is 398 g/mol. The van der Waals surface area contributed by atoms with Crippen LogP contribution in [0.4, 0.5) is 0 Å². The largest absolute Gasteiger partial charge is 0.396 e. The first-order valence-corrected chi connectivity index (χ1v) is 13.6. The van der Waals surface area contributed by atoms with E-state index in [0.717, 1.165) is 49.9 Å². The molecule has 5 rings (SSSR count). The summed E-state index contributed by atoms with van der Waals surface area (Å²) >= 11 is 0. The number of aliphatic hydroxyl groups is 2. The van der Waals surface area contributed by atoms with Crippen molar-refractivity contribution < 1.29 is 14.9 Å². The first kappa shape index (κ1) is 23.1. The van der Waals surface area contributed by atoms with Crippen molar-refractivity contribution in [1.82, 2.24) is 0 Å². The lowest BCUT2D eigenvalue weighted by Gasteiger charge is -2.61. The normalized spacial score (nSPS) is 55.3. The van der Waals surface area contributed by atoms with Gasteiger partial charge in [0.2, 0.25) is 0 Å². The fraction of sp³-hybridized carbons (Fsp3) is 0.964. The van der Waals surface area contributed by atoms with Crippen LogP contribution in [0.5, 0.6) is 0 Å². The Morgan fingerprint density at radius 3 is 2.53 bits per heavy atom. The third kappa shape index (κ3) is 3.17. The van der Waals surface area contributed by atoms with E-state index in [2.05, 4.69) is 33.8 Å². The molecule has 4 nitrogen and oxygen atoms in total. The van der Waals surface area contributed by atoms with Crippen LogP contribution in [0.1, 0.15) is 91.9 Å². The Kier molecular flexibility index (Phi) is 5.75. The molecule has 0 radical (unpaired) electrons. The zero-order chi connectivity index (χ0) is 22.9. The molecule has 32 heavy (non-hydrogen) atoms. The van der Waals surface area contributed by atoms with Gasteiger partial charge in [-0.3, -0.25) is 0 Å². The summed E-state index contributed by atoms with van der Waals surface area (Å²) in [5.41, 5.74) is 0.0149. The molecule has 0 aromatic heterocycles. The van der Waals surface area contributed by atoms with E-state index in [-0.39, 0.29) is 36.1 Å². The number of ether oxygens (including phenoxy) is 1. The van der Waals surface area contributed by atoms with Crippen molar-refractivity contribution in [2.45, 2.75) is 110 Å². The maximum Gasteiger partial charge on any atom is 0.157 e. The molecule has 0 unspecified atom stereocenters. The number of aliphatic hydroxyl groups excluding tert-OH is 2. The minimum Gasteiger partial charge on any atom is -0.396 e. The molecule has 5 aliphatic rings. The summed E-state index contributed by atoms with van der Waals surface area (Å²) in [7, 11) is 0. The number of nitrogens with zero attached hydrogens (tertiary/aromatic N) is 1. The highest BCUT2D eigenvalue weighted by atomic mass is 16.5. The van der Waals surface area contributed by atoms with E-state index in [4.69, 9.17) is 4.74 Å². The van der Waals surface area contributed by atoms with Gasteiger partial charge in [0, 0.05) is 12.5 Å². The van der Waals surface area contributed by atoms with Crippen molar-refractivity contribution in [3.63, 3.8) is 0 Å². The Hall–Kier alpha value is -0.630. The maximum absolute atomic E-state index is 10.3. The van der Waals surface area contributed by atoms with Gasteiger partial charge in [-0.2, -0.15) is 5.26 Å². The SMILES string of the molecule is C[C@H](CO)CC[C@@]1(C#N)O[C@H]2C[C@H]3[C@@H]4CC[C@@H]5C[C@@H](O)CC[C@]5(C)[C@H]4CC[C@]3(C)[C@H]2[C@@H]1C. The van der Waals surface area contributed by atoms with Crippen molar-refractivity contribution in [2.75, 3.05) is 6.61 Å². The minimum atomic E-state index is -0.674. The number of hydrogen-bond acceptors (Lipinski definition) is 4. The van der Waals surface area contributed by atoms with Gasteiger partial charge in [-0.25, -0.2) is 0 Å². The number of nitriles is 1. The summed E-state index contributed by atoms with van der Waals surface area (Å²) in [4.78, 5) is 0. The lowest BCUT2D eigenvalue weighted by Crippen LogP contribution is -2.54. The molecule has 1 saturated heterocycles. The van der Waals surface area contributed by atoms with Gasteiger partial charge in [0.15, 0.2) is 5.60 Å². The molecule has 180 valence electrons. The fourth-order valence-corrected chi connectivity index (χ4v) is 9.97. The van der Waals surface area contributed by atoms with Gasteiger partial charge in [0.05, 0.1) is 18.3 Å². The molecule has 4 aliphatic carbocycles. The summed E-state index contributed by atoms with van der Waals surface area (Å²) in [5, 5.41) is 30.0. The van der Waals surface area contributed by atoms with E-state index in [1.54, 1.807) is 0 Å². The van der Waals surface area contributed by atoms with E-state index < -0.39 is 5.60 Å². The highest BCUT2D eigenvalue weighted by Gasteiger charge is 2.68. The molecule has 1 heterocycles. The average Bonchev–Trinajstić information content (AvgIpc) is 3.23. The van der Waals surface area contributed by atoms with Gasteiger partial charge in [0.1, 0.15) is 0 Å². The Morgan fingerprint density at radius 1 is 1.06 bits per heavy atom. The van der Waals surface area contributed by atoms with E-state index in [9.17, 15) is 15.5 Å². The summed E-state index contributed by atoms with van der Waals surface area (Å²) in [6.07, 6.45) is 11.3. The van der Waals surface area contributed by atoms with Crippen LogP contribution in [0.25, 0.3) is 0 Å². The molecule has 5 fully saturated rings. The predicted molar refractivity (Wildman–Crippen MR) is 124 cm³/mol. The molecule has 0 bridgehead atoms. The van der Waals surface area contributed by atoms with Crippen molar-refractivity contribution >= 4 is 0 Å². The summed E-state index contributed by atoms with van der Waals surface area (Å²) in [6.45, 7) is 9.63. The zero-order valence-corrected chi connectivity index (χ0v) is 20.7. The standard InChI is InChI=1S/C28H45NO3/c1-17(15-30)7-12-28(16-29)18(2)25-24(32-28)14-23-21-6-5-19-13-20(31)8-10-26(19,3)22(21)9-11-27(23,25)4/h17-25,30-31H,5-15H2,1-4H3/t17-,18-,19+,20-,21+,22-,23-,24-,25-,26-,27-,28-/m0/s1. The molecule has 0 amide bonds. The van der Waals surface area contributed by atoms with Gasteiger partial charge < -0.3 is 14.9 Å². The molecule has 0 aromatic rings. The third-order valence-electron chi connectivity index (χ3n) is 11.9. The van der Waals surface area contributed by atoms with Gasteiger partial charge in [-0.1, -0.05) is 27.7 Å². The summed E-state index contributed by atoms with van der Waals surface area (Å²) < 4.78 is 6.74. The summed E-state index contributed by atoms with van der Waals surface area (Å²) in [5.74, 6) is 3.97. The van der Waals surface area contributed by atoms with Crippen LogP contribution in [-0.4, -0.2) is 34.6 Å². The second-order valence-corrected chi connectivity index (χ2v) is 13.2. The van der Waals surface area contributed by atoms with E-state index in [1.807, 2.05) is 0 Å². The van der Waals surface area contributed by atoms with Gasteiger partial charge >= 0.3 is 0 Å². The topological polar surface area (TPSA) is 73.5 Å². The van der Waals surface area contributed by atoms with Crippen LogP contribution < -0.4 is 0 Å². The van der Waals surface area contributed by atoms with Crippen LogP contribution in [0, 0.1) is 63.6 Å². The van der Waals surface area contributed by atoms with Crippen LogP contribution in [0.3, 0.4) is 0 Å². The lowest BCUT2D eigenvalue weighted by molar-refractivity contribution is -0.131. The molecule has 2 N–H and O–H groups in total. The Balaban J connectivity index is 1.37. The Bertz CT molecular complexity index is 764. The van der Waals surface area contributed by atoms with Crippen molar-refractivity contribution in [2.24, 2.45) is 52.3 Å². The first-order chi connectivity index (χ1) is 15.2. The van der Waals surface area contributed by atoms with Crippen molar-refractivity contribution in [3.8, 4) is 6.07 Å². The van der Waals surface area contributed by atoms with E-state index in [0.29, 0.717) is 17.3 Å². The summed E-state index contributed by atoms with van der Waals surface area (Å²) in [6, 6.07) is 2.62. The molecule has 0 aromatic carbocycles. The molecule has 4 saturated carbocycles. The van der Waals surface area contributed by atoms with Crippen LogP contribution in [0.15, 0.2) is 0 Å². The molecule has 12 atom stereocenters. The number of fused-ring (bicyclic) bond motifs is 7. The highest BCUT2D eigenvalue weighted by Crippen LogP contribution is 2.71. The zero-order valence-electron chi connectivity index (χ0n) is 20.7. The molecule has 0 spiro atoms. The van der Waals surface area contributed by atoms with Gasteiger partial charge in [0.25, 0.3) is 0 Å². The Labute approximate surface area is 195 Å². The maximum atomic E-state index is 10.3. The number of rotatable bonds is 4.